The SMILES string of the molecule is CCCCc1cccc(-c2cc[n+]3c4c2ccc2cccc(c24)C(C)(CC)C3(C)CC)c1. The van der Waals surface area contributed by atoms with Crippen molar-refractivity contribution < 1.29 is 4.57 Å². The molecule has 0 fully saturated rings. The van der Waals surface area contributed by atoms with Crippen LogP contribution in [-0.4, -0.2) is 0 Å². The minimum Gasteiger partial charge on any atom is -0.192 e. The second-order valence-electron chi connectivity index (χ2n) is 10.1. The number of aryl methyl sites for hydroxylation is 1. The molecule has 0 spiro atoms. The van der Waals surface area contributed by atoms with Crippen LogP contribution in [0.3, 0.4) is 0 Å². The average Bonchev–Trinajstić information content (AvgIpc) is 2.84. The first-order chi connectivity index (χ1) is 15.5. The second-order valence-corrected chi connectivity index (χ2v) is 10.1. The summed E-state index contributed by atoms with van der Waals surface area (Å²) in [7, 11) is 0. The zero-order valence-electron chi connectivity index (χ0n) is 20.3. The fourth-order valence-corrected chi connectivity index (χ4v) is 6.23. The first-order valence-electron chi connectivity index (χ1n) is 12.5. The third-order valence-corrected chi connectivity index (χ3v) is 8.71. The molecule has 2 heterocycles. The van der Waals surface area contributed by atoms with Crippen molar-refractivity contribution in [1.82, 2.24) is 0 Å². The first kappa shape index (κ1) is 21.2. The van der Waals surface area contributed by atoms with Crippen molar-refractivity contribution in [3.8, 4) is 11.1 Å². The summed E-state index contributed by atoms with van der Waals surface area (Å²) in [5, 5.41) is 4.18. The molecular formula is C31H36N+. The standard InChI is InChI=1S/C31H36N/c1-6-9-12-22-13-10-15-24(21-22)25-19-20-32-29-26(25)18-17-23-14-11-16-27(28(23)29)30(4,7-2)31(32,5)8-3/h10-11,13-21H,6-9,12H2,1-5H3/q+1. The van der Waals surface area contributed by atoms with Gasteiger partial charge in [0.15, 0.2) is 11.7 Å². The van der Waals surface area contributed by atoms with Crippen molar-refractivity contribution >= 4 is 21.7 Å². The minimum absolute atomic E-state index is 0.0319. The van der Waals surface area contributed by atoms with Gasteiger partial charge < -0.3 is 0 Å². The van der Waals surface area contributed by atoms with Crippen LogP contribution in [0.1, 0.15) is 71.4 Å². The summed E-state index contributed by atoms with van der Waals surface area (Å²) >= 11 is 0. The predicted octanol–water partition coefficient (Wildman–Crippen LogP) is 8.10. The monoisotopic (exact) mass is 422 g/mol. The van der Waals surface area contributed by atoms with E-state index in [2.05, 4.69) is 106 Å². The normalized spacial score (nSPS) is 22.2. The highest BCUT2D eigenvalue weighted by molar-refractivity contribution is 6.10. The van der Waals surface area contributed by atoms with Crippen LogP contribution in [0.2, 0.25) is 0 Å². The van der Waals surface area contributed by atoms with Crippen LogP contribution in [0.15, 0.2) is 66.9 Å². The highest BCUT2D eigenvalue weighted by Gasteiger charge is 2.55. The van der Waals surface area contributed by atoms with Crippen molar-refractivity contribution in [1.29, 1.82) is 0 Å². The van der Waals surface area contributed by atoms with Crippen LogP contribution < -0.4 is 4.57 Å². The summed E-state index contributed by atoms with van der Waals surface area (Å²) in [6, 6.07) is 23.2. The van der Waals surface area contributed by atoms with E-state index < -0.39 is 0 Å². The van der Waals surface area contributed by atoms with Crippen LogP contribution in [0.4, 0.5) is 0 Å². The number of hydrogen-bond donors (Lipinski definition) is 0. The van der Waals surface area contributed by atoms with E-state index in [1.54, 1.807) is 0 Å². The fourth-order valence-electron chi connectivity index (χ4n) is 6.23. The van der Waals surface area contributed by atoms with Gasteiger partial charge in [-0.15, -0.1) is 0 Å². The molecule has 0 aliphatic carbocycles. The van der Waals surface area contributed by atoms with E-state index in [9.17, 15) is 0 Å². The quantitative estimate of drug-likeness (QED) is 0.218. The van der Waals surface area contributed by atoms with Crippen molar-refractivity contribution in [2.75, 3.05) is 0 Å². The Kier molecular flexibility index (Phi) is 5.12. The van der Waals surface area contributed by atoms with E-state index >= 15 is 0 Å². The largest absolute Gasteiger partial charge is 0.221 e. The summed E-state index contributed by atoms with van der Waals surface area (Å²) in [6.07, 6.45) is 8.25. The van der Waals surface area contributed by atoms with Gasteiger partial charge in [-0.05, 0) is 54.3 Å². The highest BCUT2D eigenvalue weighted by atomic mass is 15.1. The number of hydrogen-bond acceptors (Lipinski definition) is 0. The minimum atomic E-state index is 0.0319. The molecule has 5 rings (SSSR count). The van der Waals surface area contributed by atoms with Gasteiger partial charge in [0, 0.05) is 25.0 Å². The molecule has 1 heteroatoms. The van der Waals surface area contributed by atoms with E-state index in [0.717, 1.165) is 19.3 Å². The van der Waals surface area contributed by atoms with Gasteiger partial charge in [-0.1, -0.05) is 75.7 Å². The average molecular weight is 423 g/mol. The predicted molar refractivity (Wildman–Crippen MR) is 137 cm³/mol. The van der Waals surface area contributed by atoms with E-state index in [1.165, 1.54) is 56.8 Å². The molecule has 1 nitrogen and oxygen atoms in total. The Morgan fingerprint density at radius 1 is 0.844 bits per heavy atom. The molecule has 0 saturated carbocycles. The molecule has 3 aromatic carbocycles. The Bertz CT molecular complexity index is 1320. The third kappa shape index (κ3) is 2.80. The maximum absolute atomic E-state index is 2.62. The van der Waals surface area contributed by atoms with Crippen molar-refractivity contribution in [3.05, 3.63) is 78.0 Å². The summed E-state index contributed by atoms with van der Waals surface area (Å²) in [4.78, 5) is 0. The lowest BCUT2D eigenvalue weighted by Gasteiger charge is -2.45. The summed E-state index contributed by atoms with van der Waals surface area (Å²) < 4.78 is 2.62. The van der Waals surface area contributed by atoms with Crippen LogP contribution in [0.25, 0.3) is 32.8 Å². The maximum atomic E-state index is 2.62. The lowest BCUT2D eigenvalue weighted by molar-refractivity contribution is -0.750. The maximum Gasteiger partial charge on any atom is 0.221 e. The van der Waals surface area contributed by atoms with E-state index in [0.29, 0.717) is 0 Å². The van der Waals surface area contributed by atoms with E-state index in [-0.39, 0.29) is 11.0 Å². The van der Waals surface area contributed by atoms with Gasteiger partial charge in [-0.3, -0.25) is 0 Å². The summed E-state index contributed by atoms with van der Waals surface area (Å²) in [6.45, 7) is 11.9. The number of aromatic nitrogens is 1. The number of unbranched alkanes of at least 4 members (excludes halogenated alkanes) is 1. The lowest BCUT2D eigenvalue weighted by atomic mass is 9.61. The molecule has 0 bridgehead atoms. The Balaban J connectivity index is 1.86. The van der Waals surface area contributed by atoms with E-state index in [1.807, 2.05) is 0 Å². The van der Waals surface area contributed by atoms with Gasteiger partial charge >= 0.3 is 0 Å². The molecule has 1 aromatic heterocycles. The van der Waals surface area contributed by atoms with Crippen molar-refractivity contribution in [3.63, 3.8) is 0 Å². The molecule has 0 amide bonds. The number of rotatable bonds is 6. The first-order valence-corrected chi connectivity index (χ1v) is 12.5. The molecule has 0 saturated heterocycles. The molecule has 164 valence electrons. The zero-order chi connectivity index (χ0) is 22.5. The Hall–Kier alpha value is -2.67. The van der Waals surface area contributed by atoms with Crippen LogP contribution in [-0.2, 0) is 17.4 Å². The topological polar surface area (TPSA) is 3.88 Å². The number of nitrogens with zero attached hydrogens (tertiary/aromatic N) is 1. The molecule has 32 heavy (non-hydrogen) atoms. The third-order valence-electron chi connectivity index (χ3n) is 8.71. The van der Waals surface area contributed by atoms with Crippen LogP contribution >= 0.6 is 0 Å². The van der Waals surface area contributed by atoms with Gasteiger partial charge in [0.05, 0.1) is 16.2 Å². The number of benzene rings is 3. The molecule has 0 N–H and O–H groups in total. The molecular weight excluding hydrogens is 386 g/mol. The number of pyridine rings is 1. The smallest absolute Gasteiger partial charge is 0.192 e. The molecule has 4 aromatic rings. The molecule has 2 unspecified atom stereocenters. The van der Waals surface area contributed by atoms with Gasteiger partial charge in [0.25, 0.3) is 0 Å². The Morgan fingerprint density at radius 3 is 2.41 bits per heavy atom. The summed E-state index contributed by atoms with van der Waals surface area (Å²) in [5.41, 5.74) is 7.18. The highest BCUT2D eigenvalue weighted by Crippen LogP contribution is 2.50. The van der Waals surface area contributed by atoms with Crippen molar-refractivity contribution in [2.45, 2.75) is 77.7 Å². The molecule has 1 aliphatic heterocycles. The molecule has 1 aliphatic rings. The Morgan fingerprint density at radius 2 is 1.66 bits per heavy atom. The lowest BCUT2D eigenvalue weighted by Crippen LogP contribution is -2.66. The fraction of sp³-hybridized carbons (Fsp3) is 0.387. The van der Waals surface area contributed by atoms with Crippen LogP contribution in [0.5, 0.6) is 0 Å². The van der Waals surface area contributed by atoms with Gasteiger partial charge in [-0.25, -0.2) is 0 Å². The van der Waals surface area contributed by atoms with E-state index in [4.69, 9.17) is 0 Å². The van der Waals surface area contributed by atoms with Gasteiger partial charge in [0.2, 0.25) is 5.52 Å². The summed E-state index contributed by atoms with van der Waals surface area (Å²) in [5.74, 6) is 0. The molecule has 2 atom stereocenters. The van der Waals surface area contributed by atoms with Gasteiger partial charge in [-0.2, -0.15) is 4.57 Å². The van der Waals surface area contributed by atoms with Gasteiger partial charge in [0.1, 0.15) is 0 Å². The zero-order valence-corrected chi connectivity index (χ0v) is 20.3. The second kappa shape index (κ2) is 7.73. The van der Waals surface area contributed by atoms with Crippen LogP contribution in [0, 0.1) is 0 Å². The Labute approximate surface area is 193 Å². The van der Waals surface area contributed by atoms with Crippen molar-refractivity contribution in [2.24, 2.45) is 0 Å². The molecule has 0 radical (unpaired) electrons.